The van der Waals surface area contributed by atoms with Crippen LogP contribution >= 0.6 is 0 Å². The first-order valence-corrected chi connectivity index (χ1v) is 6.09. The van der Waals surface area contributed by atoms with Crippen LogP contribution in [-0.2, 0) is 11.2 Å². The summed E-state index contributed by atoms with van der Waals surface area (Å²) >= 11 is 0. The van der Waals surface area contributed by atoms with Gasteiger partial charge in [-0.15, -0.1) is 0 Å². The van der Waals surface area contributed by atoms with Crippen molar-refractivity contribution in [3.05, 3.63) is 54.1 Å². The Labute approximate surface area is 146 Å². The topological polar surface area (TPSA) is 92.8 Å². The van der Waals surface area contributed by atoms with Crippen molar-refractivity contribution in [1.29, 1.82) is 0 Å². The SMILES string of the molecule is N[C@@H](Cc1ccc(Oc2ccc(O)cc2)cc1)C(=O)O.[H-].[Na+]. The van der Waals surface area contributed by atoms with Crippen molar-refractivity contribution in [2.45, 2.75) is 12.5 Å². The number of aromatic hydroxyl groups is 1. The molecule has 0 radical (unpaired) electrons. The summed E-state index contributed by atoms with van der Waals surface area (Å²) in [6.07, 6.45) is 0.273. The predicted octanol–water partition coefficient (Wildman–Crippen LogP) is -0.745. The number of benzene rings is 2. The first kappa shape index (κ1) is 17.5. The first-order chi connectivity index (χ1) is 9.54. The Morgan fingerprint density at radius 2 is 1.57 bits per heavy atom. The summed E-state index contributed by atoms with van der Waals surface area (Å²) in [5, 5.41) is 17.9. The molecule has 0 aliphatic carbocycles. The number of carboxylic acids is 1. The molecule has 0 heterocycles. The van der Waals surface area contributed by atoms with E-state index in [9.17, 15) is 9.90 Å². The van der Waals surface area contributed by atoms with Gasteiger partial charge in [0.2, 0.25) is 0 Å². The third-order valence-corrected chi connectivity index (χ3v) is 2.77. The summed E-state index contributed by atoms with van der Waals surface area (Å²) in [5.74, 6) is 0.394. The van der Waals surface area contributed by atoms with Crippen LogP contribution in [0.5, 0.6) is 17.2 Å². The van der Waals surface area contributed by atoms with Crippen molar-refractivity contribution in [2.75, 3.05) is 0 Å². The minimum atomic E-state index is -1.02. The maximum atomic E-state index is 10.7. The van der Waals surface area contributed by atoms with Crippen molar-refractivity contribution in [3.8, 4) is 17.2 Å². The van der Waals surface area contributed by atoms with Gasteiger partial charge in [0, 0.05) is 0 Å². The van der Waals surface area contributed by atoms with Crippen LogP contribution in [0, 0.1) is 0 Å². The molecule has 2 aromatic carbocycles. The Kier molecular flexibility index (Phi) is 6.71. The zero-order valence-corrected chi connectivity index (χ0v) is 13.7. The molecule has 106 valence electrons. The maximum Gasteiger partial charge on any atom is 1.00 e. The Morgan fingerprint density at radius 1 is 1.10 bits per heavy atom. The second-order valence-electron chi connectivity index (χ2n) is 4.39. The summed E-state index contributed by atoms with van der Waals surface area (Å²) in [6.45, 7) is 0. The standard InChI is InChI=1S/C15H15NO4.Na.H/c16-14(15(18)19)9-10-1-5-12(6-2-10)20-13-7-3-11(17)4-8-13;;/h1-8,14,17H,9,16H2,(H,18,19);;/q;+1;-1/t14-;;/m0../s1. The zero-order valence-electron chi connectivity index (χ0n) is 12.7. The number of ether oxygens (including phenoxy) is 1. The van der Waals surface area contributed by atoms with Crippen LogP contribution in [0.25, 0.3) is 0 Å². The molecule has 0 fully saturated rings. The number of carboxylic acid groups (broad SMARTS) is 1. The smallest absolute Gasteiger partial charge is 1.00 e. The summed E-state index contributed by atoms with van der Waals surface area (Å²) < 4.78 is 5.58. The van der Waals surface area contributed by atoms with E-state index in [1.807, 2.05) is 0 Å². The van der Waals surface area contributed by atoms with E-state index in [1.165, 1.54) is 12.1 Å². The van der Waals surface area contributed by atoms with Gasteiger partial charge >= 0.3 is 35.5 Å². The number of hydrogen-bond donors (Lipinski definition) is 3. The zero-order chi connectivity index (χ0) is 14.5. The van der Waals surface area contributed by atoms with Gasteiger partial charge in [0.1, 0.15) is 23.3 Å². The van der Waals surface area contributed by atoms with Gasteiger partial charge < -0.3 is 22.1 Å². The van der Waals surface area contributed by atoms with Gasteiger partial charge in [-0.2, -0.15) is 0 Å². The minimum absolute atomic E-state index is 0. The minimum Gasteiger partial charge on any atom is -1.00 e. The monoisotopic (exact) mass is 297 g/mol. The van der Waals surface area contributed by atoms with Crippen LogP contribution in [0.1, 0.15) is 6.99 Å². The van der Waals surface area contributed by atoms with Crippen LogP contribution in [0.4, 0.5) is 0 Å². The molecular formula is C15H16NNaO4. The molecule has 0 saturated carbocycles. The van der Waals surface area contributed by atoms with E-state index in [-0.39, 0.29) is 43.2 Å². The van der Waals surface area contributed by atoms with E-state index in [1.54, 1.807) is 36.4 Å². The van der Waals surface area contributed by atoms with Crippen LogP contribution in [0.15, 0.2) is 48.5 Å². The largest absolute Gasteiger partial charge is 1.00 e. The Hall–Kier alpha value is -1.53. The first-order valence-electron chi connectivity index (χ1n) is 6.09. The van der Waals surface area contributed by atoms with Gasteiger partial charge in [-0.3, -0.25) is 4.79 Å². The summed E-state index contributed by atoms with van der Waals surface area (Å²) in [6, 6.07) is 12.5. The fourth-order valence-electron chi connectivity index (χ4n) is 1.69. The fourth-order valence-corrected chi connectivity index (χ4v) is 1.69. The third-order valence-electron chi connectivity index (χ3n) is 2.77. The Morgan fingerprint density at radius 3 is 2.05 bits per heavy atom. The number of hydrogen-bond acceptors (Lipinski definition) is 4. The predicted molar refractivity (Wildman–Crippen MR) is 75.1 cm³/mol. The van der Waals surface area contributed by atoms with Gasteiger partial charge in [0.25, 0.3) is 0 Å². The number of phenolic OH excluding ortho intramolecular Hbond substituents is 1. The quantitative estimate of drug-likeness (QED) is 0.632. The van der Waals surface area contributed by atoms with E-state index >= 15 is 0 Å². The van der Waals surface area contributed by atoms with Crippen molar-refractivity contribution < 1.29 is 50.7 Å². The van der Waals surface area contributed by atoms with E-state index in [0.717, 1.165) is 5.56 Å². The van der Waals surface area contributed by atoms with Gasteiger partial charge in [0.05, 0.1) is 0 Å². The number of aliphatic carboxylic acids is 1. The van der Waals surface area contributed by atoms with E-state index < -0.39 is 12.0 Å². The molecule has 0 bridgehead atoms. The van der Waals surface area contributed by atoms with Crippen LogP contribution in [0.3, 0.4) is 0 Å². The molecule has 0 spiro atoms. The number of nitrogens with two attached hydrogens (primary N) is 1. The van der Waals surface area contributed by atoms with E-state index in [2.05, 4.69) is 0 Å². The van der Waals surface area contributed by atoms with Gasteiger partial charge in [-0.05, 0) is 48.4 Å². The van der Waals surface area contributed by atoms with E-state index in [4.69, 9.17) is 15.6 Å². The maximum absolute atomic E-state index is 10.7. The van der Waals surface area contributed by atoms with E-state index in [0.29, 0.717) is 11.5 Å². The molecule has 1 atom stereocenters. The second kappa shape index (κ2) is 8.05. The van der Waals surface area contributed by atoms with Gasteiger partial charge in [-0.25, -0.2) is 0 Å². The molecule has 0 amide bonds. The summed E-state index contributed by atoms with van der Waals surface area (Å²) in [4.78, 5) is 10.7. The van der Waals surface area contributed by atoms with Crippen molar-refractivity contribution in [2.24, 2.45) is 5.73 Å². The number of rotatable bonds is 5. The van der Waals surface area contributed by atoms with Crippen LogP contribution in [-0.4, -0.2) is 22.2 Å². The average molecular weight is 297 g/mol. The van der Waals surface area contributed by atoms with Gasteiger partial charge in [-0.1, -0.05) is 12.1 Å². The van der Waals surface area contributed by atoms with Crippen molar-refractivity contribution in [1.82, 2.24) is 0 Å². The molecule has 0 aliphatic heterocycles. The second-order valence-corrected chi connectivity index (χ2v) is 4.39. The number of carbonyl (C=O) groups is 1. The third kappa shape index (κ3) is 5.40. The van der Waals surface area contributed by atoms with Gasteiger partial charge in [0.15, 0.2) is 0 Å². The molecule has 6 heteroatoms. The molecule has 2 rings (SSSR count). The van der Waals surface area contributed by atoms with Crippen molar-refractivity contribution >= 4 is 5.97 Å². The van der Waals surface area contributed by atoms with Crippen molar-refractivity contribution in [3.63, 3.8) is 0 Å². The fraction of sp³-hybridized carbons (Fsp3) is 0.133. The Bertz CT molecular complexity index is 589. The molecule has 2 aromatic rings. The molecule has 0 unspecified atom stereocenters. The average Bonchev–Trinajstić information content (AvgIpc) is 2.43. The summed E-state index contributed by atoms with van der Waals surface area (Å²) in [7, 11) is 0. The molecule has 21 heavy (non-hydrogen) atoms. The van der Waals surface area contributed by atoms with Crippen LogP contribution < -0.4 is 40.0 Å². The molecule has 0 aliphatic rings. The molecular weight excluding hydrogens is 281 g/mol. The molecule has 0 saturated heterocycles. The molecule has 0 aromatic heterocycles. The summed E-state index contributed by atoms with van der Waals surface area (Å²) in [5.41, 5.74) is 6.30. The normalized spacial score (nSPS) is 11.3. The van der Waals surface area contributed by atoms with Crippen LogP contribution in [0.2, 0.25) is 0 Å². The number of phenols is 1. The molecule has 4 N–H and O–H groups in total. The Balaban J connectivity index is 0.00000220. The molecule has 5 nitrogen and oxygen atoms in total.